The van der Waals surface area contributed by atoms with E-state index in [1.54, 1.807) is 4.90 Å². The molecule has 1 fully saturated rings. The van der Waals surface area contributed by atoms with Gasteiger partial charge in [0.05, 0.1) is 7.11 Å². The zero-order chi connectivity index (χ0) is 13.4. The Morgan fingerprint density at radius 2 is 2.17 bits per heavy atom. The Kier molecular flexibility index (Phi) is 7.00. The predicted octanol–water partition coefficient (Wildman–Crippen LogP) is -0.202. The topological polar surface area (TPSA) is 82.0 Å². The summed E-state index contributed by atoms with van der Waals surface area (Å²) in [4.78, 5) is 13.2. The fraction of sp³-hybridized carbons (Fsp3) is 0.917. The lowest BCUT2D eigenvalue weighted by Gasteiger charge is -2.37. The van der Waals surface area contributed by atoms with Gasteiger partial charge in [-0.05, 0) is 31.7 Å². The van der Waals surface area contributed by atoms with Gasteiger partial charge in [-0.15, -0.1) is 0 Å². The van der Waals surface area contributed by atoms with E-state index < -0.39 is 0 Å². The van der Waals surface area contributed by atoms with Crippen LogP contribution >= 0.6 is 0 Å². The Morgan fingerprint density at radius 3 is 2.78 bits per heavy atom. The minimum Gasteiger partial charge on any atom is -0.453 e. The number of aliphatic hydroxyl groups excluding tert-OH is 2. The largest absolute Gasteiger partial charge is 0.453 e. The first-order chi connectivity index (χ1) is 8.71. The molecule has 6 heteroatoms. The number of aliphatic hydroxyl groups is 2. The van der Waals surface area contributed by atoms with Gasteiger partial charge in [-0.1, -0.05) is 0 Å². The van der Waals surface area contributed by atoms with E-state index in [0.717, 1.165) is 13.0 Å². The quantitative estimate of drug-likeness (QED) is 0.576. The van der Waals surface area contributed by atoms with E-state index in [1.807, 2.05) is 0 Å². The number of carbonyl (C=O) groups is 1. The number of hydrogen-bond donors (Lipinski definition) is 3. The number of nitrogens with zero attached hydrogens (tertiary/aromatic N) is 1. The molecule has 0 aromatic heterocycles. The summed E-state index contributed by atoms with van der Waals surface area (Å²) in [6.45, 7) is 2.32. The molecule has 18 heavy (non-hydrogen) atoms. The molecule has 0 saturated carbocycles. The lowest BCUT2D eigenvalue weighted by Crippen LogP contribution is -2.51. The Morgan fingerprint density at radius 1 is 1.39 bits per heavy atom. The fourth-order valence-electron chi connectivity index (χ4n) is 2.41. The van der Waals surface area contributed by atoms with Crippen LogP contribution in [-0.2, 0) is 4.74 Å². The third-order valence-electron chi connectivity index (χ3n) is 3.28. The molecular formula is C12H24N2O4. The maximum atomic E-state index is 11.6. The van der Waals surface area contributed by atoms with Crippen molar-refractivity contribution in [2.45, 2.75) is 25.3 Å². The molecule has 1 rings (SSSR count). The van der Waals surface area contributed by atoms with Crippen LogP contribution in [0.15, 0.2) is 0 Å². The number of rotatable bonds is 6. The van der Waals surface area contributed by atoms with Crippen LogP contribution in [0.5, 0.6) is 0 Å². The van der Waals surface area contributed by atoms with Crippen molar-refractivity contribution in [2.24, 2.45) is 5.92 Å². The minimum atomic E-state index is -0.313. The van der Waals surface area contributed by atoms with E-state index in [1.165, 1.54) is 7.11 Å². The van der Waals surface area contributed by atoms with E-state index >= 15 is 0 Å². The Balaban J connectivity index is 2.48. The predicted molar refractivity (Wildman–Crippen MR) is 67.3 cm³/mol. The molecule has 1 heterocycles. The molecule has 1 saturated heterocycles. The fourth-order valence-corrected chi connectivity index (χ4v) is 2.41. The standard InChI is InChI=1S/C12H24N2O4/c1-18-12(17)14-8-10(3-6-16)7-11(9-14)13-4-2-5-15/h10-11,13,15-16H,2-9H2,1H3. The Hall–Kier alpha value is -0.850. The second-order valence-corrected chi connectivity index (χ2v) is 4.72. The Labute approximate surface area is 108 Å². The van der Waals surface area contributed by atoms with Crippen LogP contribution in [0, 0.1) is 5.92 Å². The summed E-state index contributed by atoms with van der Waals surface area (Å²) >= 11 is 0. The molecule has 0 aromatic rings. The van der Waals surface area contributed by atoms with Gasteiger partial charge in [0.25, 0.3) is 0 Å². The summed E-state index contributed by atoms with van der Waals surface area (Å²) in [6, 6.07) is 0.209. The minimum absolute atomic E-state index is 0.142. The summed E-state index contributed by atoms with van der Waals surface area (Å²) in [7, 11) is 1.38. The van der Waals surface area contributed by atoms with Crippen molar-refractivity contribution in [3.63, 3.8) is 0 Å². The Bertz CT molecular complexity index is 250. The molecule has 2 atom stereocenters. The number of carbonyl (C=O) groups excluding carboxylic acids is 1. The monoisotopic (exact) mass is 260 g/mol. The highest BCUT2D eigenvalue weighted by Gasteiger charge is 2.29. The smallest absolute Gasteiger partial charge is 0.409 e. The first kappa shape index (κ1) is 15.2. The molecule has 6 nitrogen and oxygen atoms in total. The van der Waals surface area contributed by atoms with E-state index in [2.05, 4.69) is 5.32 Å². The van der Waals surface area contributed by atoms with E-state index in [4.69, 9.17) is 14.9 Å². The van der Waals surface area contributed by atoms with Crippen molar-refractivity contribution in [1.82, 2.24) is 10.2 Å². The van der Waals surface area contributed by atoms with Gasteiger partial charge in [0.2, 0.25) is 0 Å². The summed E-state index contributed by atoms with van der Waals surface area (Å²) in [5.74, 6) is 0.300. The second kappa shape index (κ2) is 8.29. The molecule has 0 bridgehead atoms. The van der Waals surface area contributed by atoms with Crippen molar-refractivity contribution in [2.75, 3.05) is 40.0 Å². The lowest BCUT2D eigenvalue weighted by molar-refractivity contribution is 0.0840. The molecule has 0 aliphatic carbocycles. The molecule has 1 aliphatic heterocycles. The number of ether oxygens (including phenoxy) is 1. The first-order valence-corrected chi connectivity index (χ1v) is 6.49. The van der Waals surface area contributed by atoms with Crippen LogP contribution < -0.4 is 5.32 Å². The van der Waals surface area contributed by atoms with Crippen LogP contribution in [-0.4, -0.2) is 67.2 Å². The zero-order valence-corrected chi connectivity index (χ0v) is 11.0. The third kappa shape index (κ3) is 4.80. The van der Waals surface area contributed by atoms with Gasteiger partial charge < -0.3 is 25.2 Å². The first-order valence-electron chi connectivity index (χ1n) is 6.49. The summed E-state index contributed by atoms with van der Waals surface area (Å²) in [5, 5.41) is 21.1. The van der Waals surface area contributed by atoms with Gasteiger partial charge in [-0.25, -0.2) is 4.79 Å². The number of likely N-dealkylation sites (tertiary alicyclic amines) is 1. The van der Waals surface area contributed by atoms with Gasteiger partial charge >= 0.3 is 6.09 Å². The zero-order valence-electron chi connectivity index (χ0n) is 11.0. The van der Waals surface area contributed by atoms with Gasteiger partial charge in [0.1, 0.15) is 0 Å². The molecule has 1 aliphatic rings. The number of amides is 1. The van der Waals surface area contributed by atoms with Crippen molar-refractivity contribution >= 4 is 6.09 Å². The number of hydrogen-bond acceptors (Lipinski definition) is 5. The number of methoxy groups -OCH3 is 1. The molecule has 106 valence electrons. The third-order valence-corrected chi connectivity index (χ3v) is 3.28. The second-order valence-electron chi connectivity index (χ2n) is 4.72. The molecular weight excluding hydrogens is 236 g/mol. The average Bonchev–Trinajstić information content (AvgIpc) is 2.38. The summed E-state index contributed by atoms with van der Waals surface area (Å²) in [5.41, 5.74) is 0. The van der Waals surface area contributed by atoms with E-state index in [9.17, 15) is 4.79 Å². The molecule has 1 amide bonds. The van der Waals surface area contributed by atoms with Gasteiger partial charge in [-0.3, -0.25) is 0 Å². The molecule has 2 unspecified atom stereocenters. The molecule has 0 aromatic carbocycles. The van der Waals surface area contributed by atoms with Crippen molar-refractivity contribution in [1.29, 1.82) is 0 Å². The summed E-state index contributed by atoms with van der Waals surface area (Å²) in [6.07, 6.45) is 2.04. The van der Waals surface area contributed by atoms with Crippen LogP contribution in [0.25, 0.3) is 0 Å². The molecule has 0 spiro atoms. The highest BCUT2D eigenvalue weighted by atomic mass is 16.5. The molecule has 0 radical (unpaired) electrons. The average molecular weight is 260 g/mol. The number of nitrogens with one attached hydrogen (secondary N) is 1. The van der Waals surface area contributed by atoms with Gasteiger partial charge in [0.15, 0.2) is 0 Å². The lowest BCUT2D eigenvalue weighted by atomic mass is 9.92. The normalized spacial score (nSPS) is 24.1. The van der Waals surface area contributed by atoms with Gasteiger partial charge in [-0.2, -0.15) is 0 Å². The highest BCUT2D eigenvalue weighted by Crippen LogP contribution is 2.20. The van der Waals surface area contributed by atoms with Crippen LogP contribution in [0.3, 0.4) is 0 Å². The van der Waals surface area contributed by atoms with Crippen molar-refractivity contribution < 1.29 is 19.7 Å². The van der Waals surface area contributed by atoms with E-state index in [-0.39, 0.29) is 25.3 Å². The molecule has 3 N–H and O–H groups in total. The summed E-state index contributed by atoms with van der Waals surface area (Å²) < 4.78 is 4.75. The maximum Gasteiger partial charge on any atom is 0.409 e. The van der Waals surface area contributed by atoms with Crippen molar-refractivity contribution in [3.8, 4) is 0 Å². The maximum absolute atomic E-state index is 11.6. The van der Waals surface area contributed by atoms with Crippen molar-refractivity contribution in [3.05, 3.63) is 0 Å². The van der Waals surface area contributed by atoms with Crippen LogP contribution in [0.1, 0.15) is 19.3 Å². The van der Waals surface area contributed by atoms with Gasteiger partial charge in [0, 0.05) is 32.3 Å². The number of piperidine rings is 1. The van der Waals surface area contributed by atoms with Crippen LogP contribution in [0.4, 0.5) is 4.79 Å². The van der Waals surface area contributed by atoms with Crippen LogP contribution in [0.2, 0.25) is 0 Å². The van der Waals surface area contributed by atoms with E-state index in [0.29, 0.717) is 31.8 Å². The highest BCUT2D eigenvalue weighted by molar-refractivity contribution is 5.67. The SMILES string of the molecule is COC(=O)N1CC(CCO)CC(NCCCO)C1.